The maximum Gasteiger partial charge on any atom is 0.270 e. The standard InChI is InChI=1S/C11H12N2O3S/c14-8-9-7-10(13(15)16)1-2-11(9)12-3-5-17-6-4-12/h1-2,7-8H,3-6H2. The summed E-state index contributed by atoms with van der Waals surface area (Å²) in [4.78, 5) is 23.2. The molecule has 1 aliphatic heterocycles. The van der Waals surface area contributed by atoms with Crippen LogP contribution in [0.1, 0.15) is 10.4 Å². The maximum atomic E-state index is 11.0. The largest absolute Gasteiger partial charge is 0.369 e. The molecule has 0 aromatic heterocycles. The van der Waals surface area contributed by atoms with Crippen molar-refractivity contribution in [2.24, 2.45) is 0 Å². The summed E-state index contributed by atoms with van der Waals surface area (Å²) in [5, 5.41) is 10.6. The van der Waals surface area contributed by atoms with Crippen molar-refractivity contribution in [3.05, 3.63) is 33.9 Å². The molecule has 0 unspecified atom stereocenters. The minimum atomic E-state index is -0.483. The van der Waals surface area contributed by atoms with Gasteiger partial charge in [0.15, 0.2) is 6.29 Å². The molecule has 0 atom stereocenters. The molecule has 0 radical (unpaired) electrons. The zero-order valence-corrected chi connectivity index (χ0v) is 9.98. The van der Waals surface area contributed by atoms with Gasteiger partial charge in [-0.3, -0.25) is 14.9 Å². The van der Waals surface area contributed by atoms with Crippen LogP contribution in [0.5, 0.6) is 0 Å². The van der Waals surface area contributed by atoms with E-state index in [1.54, 1.807) is 6.07 Å². The lowest BCUT2D eigenvalue weighted by Gasteiger charge is -2.29. The second kappa shape index (κ2) is 5.18. The Kier molecular flexibility index (Phi) is 3.63. The Labute approximate surface area is 103 Å². The highest BCUT2D eigenvalue weighted by molar-refractivity contribution is 7.99. The topological polar surface area (TPSA) is 63.4 Å². The van der Waals surface area contributed by atoms with Crippen LogP contribution in [0.25, 0.3) is 0 Å². The first kappa shape index (κ1) is 11.9. The quantitative estimate of drug-likeness (QED) is 0.467. The van der Waals surface area contributed by atoms with E-state index >= 15 is 0 Å². The molecule has 0 amide bonds. The van der Waals surface area contributed by atoms with E-state index in [-0.39, 0.29) is 5.69 Å². The van der Waals surface area contributed by atoms with Gasteiger partial charge in [0.2, 0.25) is 0 Å². The molecule has 1 aromatic rings. The van der Waals surface area contributed by atoms with Crippen LogP contribution in [0.15, 0.2) is 18.2 Å². The summed E-state index contributed by atoms with van der Waals surface area (Å²) in [7, 11) is 0. The third-order valence-electron chi connectivity index (χ3n) is 2.70. The molecular formula is C11H12N2O3S. The SMILES string of the molecule is O=Cc1cc([N+](=O)[O-])ccc1N1CCSCC1. The van der Waals surface area contributed by atoms with Gasteiger partial charge in [0.25, 0.3) is 5.69 Å². The van der Waals surface area contributed by atoms with Gasteiger partial charge in [0.1, 0.15) is 0 Å². The number of thioether (sulfide) groups is 1. The van der Waals surface area contributed by atoms with Gasteiger partial charge in [-0.25, -0.2) is 0 Å². The van der Waals surface area contributed by atoms with Crippen molar-refractivity contribution in [1.82, 2.24) is 0 Å². The lowest BCUT2D eigenvalue weighted by atomic mass is 10.1. The Morgan fingerprint density at radius 1 is 1.35 bits per heavy atom. The Bertz CT molecular complexity index is 444. The minimum absolute atomic E-state index is 0.0396. The Morgan fingerprint density at radius 3 is 2.65 bits per heavy atom. The van der Waals surface area contributed by atoms with Crippen molar-refractivity contribution in [1.29, 1.82) is 0 Å². The van der Waals surface area contributed by atoms with E-state index < -0.39 is 4.92 Å². The molecule has 0 spiro atoms. The van der Waals surface area contributed by atoms with Crippen molar-refractivity contribution in [2.75, 3.05) is 29.5 Å². The van der Waals surface area contributed by atoms with E-state index in [0.29, 0.717) is 11.8 Å². The van der Waals surface area contributed by atoms with Crippen molar-refractivity contribution < 1.29 is 9.72 Å². The van der Waals surface area contributed by atoms with Gasteiger partial charge in [-0.05, 0) is 6.07 Å². The molecule has 17 heavy (non-hydrogen) atoms. The molecule has 0 bridgehead atoms. The highest BCUT2D eigenvalue weighted by Crippen LogP contribution is 2.26. The molecule has 0 aliphatic carbocycles. The van der Waals surface area contributed by atoms with Crippen molar-refractivity contribution in [3.8, 4) is 0 Å². The van der Waals surface area contributed by atoms with Crippen LogP contribution in [0.3, 0.4) is 0 Å². The Morgan fingerprint density at radius 2 is 2.06 bits per heavy atom. The summed E-state index contributed by atoms with van der Waals surface area (Å²) in [6, 6.07) is 4.45. The first-order valence-corrected chi connectivity index (χ1v) is 6.44. The number of aldehydes is 1. The third-order valence-corrected chi connectivity index (χ3v) is 3.64. The predicted octanol–water partition coefficient (Wildman–Crippen LogP) is 1.96. The van der Waals surface area contributed by atoms with Crippen LogP contribution in [0.4, 0.5) is 11.4 Å². The Hall–Kier alpha value is -1.56. The number of non-ortho nitro benzene ring substituents is 1. The highest BCUT2D eigenvalue weighted by atomic mass is 32.2. The number of anilines is 1. The van der Waals surface area contributed by atoms with Crippen LogP contribution in [0, 0.1) is 10.1 Å². The summed E-state index contributed by atoms with van der Waals surface area (Å²) in [6.07, 6.45) is 0.685. The lowest BCUT2D eigenvalue weighted by Crippen LogP contribution is -2.33. The predicted molar refractivity (Wildman–Crippen MR) is 68.0 cm³/mol. The van der Waals surface area contributed by atoms with Crippen molar-refractivity contribution in [3.63, 3.8) is 0 Å². The molecule has 0 N–H and O–H groups in total. The van der Waals surface area contributed by atoms with Crippen LogP contribution in [0.2, 0.25) is 0 Å². The number of nitro groups is 1. The molecule has 6 heteroatoms. The summed E-state index contributed by atoms with van der Waals surface area (Å²) >= 11 is 1.88. The zero-order valence-electron chi connectivity index (χ0n) is 9.17. The van der Waals surface area contributed by atoms with Gasteiger partial charge in [0.05, 0.1) is 4.92 Å². The second-order valence-corrected chi connectivity index (χ2v) is 4.94. The average molecular weight is 252 g/mol. The summed E-state index contributed by atoms with van der Waals surface area (Å²) < 4.78 is 0. The molecule has 5 nitrogen and oxygen atoms in total. The minimum Gasteiger partial charge on any atom is -0.369 e. The zero-order chi connectivity index (χ0) is 12.3. The van der Waals surface area contributed by atoms with Crippen molar-refractivity contribution in [2.45, 2.75) is 0 Å². The second-order valence-electron chi connectivity index (χ2n) is 3.72. The first-order chi connectivity index (χ1) is 8.22. The summed E-state index contributed by atoms with van der Waals surface area (Å²) in [6.45, 7) is 1.76. The molecular weight excluding hydrogens is 240 g/mol. The third kappa shape index (κ3) is 2.58. The molecule has 0 saturated carbocycles. The van der Waals surface area contributed by atoms with E-state index in [4.69, 9.17) is 0 Å². The van der Waals surface area contributed by atoms with Crippen LogP contribution in [-0.2, 0) is 0 Å². The number of rotatable bonds is 3. The first-order valence-electron chi connectivity index (χ1n) is 5.28. The number of benzene rings is 1. The number of carbonyl (C=O) groups excluding carboxylic acids is 1. The lowest BCUT2D eigenvalue weighted by molar-refractivity contribution is -0.384. The maximum absolute atomic E-state index is 11.0. The smallest absolute Gasteiger partial charge is 0.270 e. The number of carbonyl (C=O) groups is 1. The average Bonchev–Trinajstić information content (AvgIpc) is 2.39. The fraction of sp³-hybridized carbons (Fsp3) is 0.364. The van der Waals surface area contributed by atoms with E-state index in [1.807, 2.05) is 11.8 Å². The van der Waals surface area contributed by atoms with E-state index in [2.05, 4.69) is 4.90 Å². The Balaban J connectivity index is 2.33. The fourth-order valence-corrected chi connectivity index (χ4v) is 2.75. The van der Waals surface area contributed by atoms with Crippen LogP contribution < -0.4 is 4.90 Å². The van der Waals surface area contributed by atoms with Crippen LogP contribution in [-0.4, -0.2) is 35.8 Å². The number of nitro benzene ring substituents is 1. The van der Waals surface area contributed by atoms with Gasteiger partial charge in [-0.15, -0.1) is 0 Å². The van der Waals surface area contributed by atoms with Gasteiger partial charge < -0.3 is 4.90 Å². The molecule has 1 aliphatic rings. The highest BCUT2D eigenvalue weighted by Gasteiger charge is 2.17. The van der Waals surface area contributed by atoms with Crippen molar-refractivity contribution >= 4 is 29.4 Å². The normalized spacial score (nSPS) is 15.6. The molecule has 1 heterocycles. The van der Waals surface area contributed by atoms with Gasteiger partial charge >= 0.3 is 0 Å². The van der Waals surface area contributed by atoms with Gasteiger partial charge in [-0.1, -0.05) is 0 Å². The number of hydrogen-bond donors (Lipinski definition) is 0. The number of hydrogen-bond acceptors (Lipinski definition) is 5. The van der Waals surface area contributed by atoms with Gasteiger partial charge in [-0.2, -0.15) is 11.8 Å². The molecule has 1 aromatic carbocycles. The van der Waals surface area contributed by atoms with Gasteiger partial charge in [0, 0.05) is 48.0 Å². The van der Waals surface area contributed by atoms with E-state index in [0.717, 1.165) is 30.3 Å². The molecule has 1 saturated heterocycles. The number of nitrogens with zero attached hydrogens (tertiary/aromatic N) is 2. The molecule has 1 fully saturated rings. The monoisotopic (exact) mass is 252 g/mol. The summed E-state index contributed by atoms with van der Waals surface area (Å²) in [5.74, 6) is 2.05. The molecule has 2 rings (SSSR count). The summed E-state index contributed by atoms with van der Waals surface area (Å²) in [5.41, 5.74) is 1.15. The van der Waals surface area contributed by atoms with E-state index in [9.17, 15) is 14.9 Å². The van der Waals surface area contributed by atoms with Crippen LogP contribution >= 0.6 is 11.8 Å². The fourth-order valence-electron chi connectivity index (χ4n) is 1.84. The molecule has 90 valence electrons. The van der Waals surface area contributed by atoms with E-state index in [1.165, 1.54) is 12.1 Å².